The SMILES string of the molecule is Nc1nc(NCc2cccc(F)c2)c2[nH]cnc2n1. The molecular weight excluding hydrogens is 247 g/mol. The van der Waals surface area contributed by atoms with Gasteiger partial charge in [-0.3, -0.25) is 0 Å². The minimum atomic E-state index is -0.270. The summed E-state index contributed by atoms with van der Waals surface area (Å²) in [6, 6.07) is 6.35. The van der Waals surface area contributed by atoms with Crippen LogP contribution in [-0.2, 0) is 6.54 Å². The van der Waals surface area contributed by atoms with E-state index < -0.39 is 0 Å². The van der Waals surface area contributed by atoms with Crippen LogP contribution in [0.2, 0.25) is 0 Å². The third kappa shape index (κ3) is 2.30. The Morgan fingerprint density at radius 1 is 1.32 bits per heavy atom. The van der Waals surface area contributed by atoms with Gasteiger partial charge in [0, 0.05) is 6.54 Å². The van der Waals surface area contributed by atoms with E-state index in [1.54, 1.807) is 6.07 Å². The Morgan fingerprint density at radius 2 is 2.21 bits per heavy atom. The molecule has 1 aromatic carbocycles. The van der Waals surface area contributed by atoms with Crippen LogP contribution < -0.4 is 11.1 Å². The first-order valence-corrected chi connectivity index (χ1v) is 5.67. The number of halogens is 1. The molecule has 4 N–H and O–H groups in total. The van der Waals surface area contributed by atoms with Crippen molar-refractivity contribution < 1.29 is 4.39 Å². The molecule has 2 heterocycles. The molecular formula is C12H11FN6. The second-order valence-corrected chi connectivity index (χ2v) is 4.02. The van der Waals surface area contributed by atoms with Gasteiger partial charge in [0.2, 0.25) is 5.95 Å². The van der Waals surface area contributed by atoms with Crippen LogP contribution in [0.4, 0.5) is 16.2 Å². The molecule has 0 saturated heterocycles. The smallest absolute Gasteiger partial charge is 0.224 e. The summed E-state index contributed by atoms with van der Waals surface area (Å²) in [5, 5.41) is 3.09. The molecule has 3 aromatic rings. The zero-order valence-electron chi connectivity index (χ0n) is 9.89. The van der Waals surface area contributed by atoms with Crippen molar-refractivity contribution in [1.82, 2.24) is 19.9 Å². The van der Waals surface area contributed by atoms with Crippen molar-refractivity contribution in [2.24, 2.45) is 0 Å². The molecule has 3 rings (SSSR count). The van der Waals surface area contributed by atoms with E-state index in [0.717, 1.165) is 5.56 Å². The van der Waals surface area contributed by atoms with Crippen molar-refractivity contribution in [1.29, 1.82) is 0 Å². The summed E-state index contributed by atoms with van der Waals surface area (Å²) in [5.74, 6) is 0.416. The lowest BCUT2D eigenvalue weighted by molar-refractivity contribution is 0.626. The van der Waals surface area contributed by atoms with Gasteiger partial charge in [0.15, 0.2) is 11.5 Å². The van der Waals surface area contributed by atoms with Gasteiger partial charge in [-0.05, 0) is 17.7 Å². The number of fused-ring (bicyclic) bond motifs is 1. The minimum Gasteiger partial charge on any atom is -0.368 e. The molecule has 0 aliphatic heterocycles. The second kappa shape index (κ2) is 4.52. The number of nitrogens with two attached hydrogens (primary N) is 1. The van der Waals surface area contributed by atoms with Crippen LogP contribution in [0.25, 0.3) is 11.2 Å². The summed E-state index contributed by atoms with van der Waals surface area (Å²) in [4.78, 5) is 15.0. The van der Waals surface area contributed by atoms with Gasteiger partial charge in [0.1, 0.15) is 11.3 Å². The molecule has 0 bridgehead atoms. The summed E-state index contributed by atoms with van der Waals surface area (Å²) in [5.41, 5.74) is 7.58. The fourth-order valence-electron chi connectivity index (χ4n) is 1.81. The maximum absolute atomic E-state index is 13.1. The van der Waals surface area contributed by atoms with Gasteiger partial charge in [0.05, 0.1) is 6.33 Å². The number of aromatic nitrogens is 4. The Kier molecular flexibility index (Phi) is 2.71. The van der Waals surface area contributed by atoms with E-state index in [1.807, 2.05) is 6.07 Å². The second-order valence-electron chi connectivity index (χ2n) is 4.02. The lowest BCUT2D eigenvalue weighted by Gasteiger charge is -2.07. The highest BCUT2D eigenvalue weighted by Gasteiger charge is 2.08. The third-order valence-electron chi connectivity index (χ3n) is 2.65. The first kappa shape index (κ1) is 11.4. The molecule has 6 nitrogen and oxygen atoms in total. The number of hydrogen-bond acceptors (Lipinski definition) is 5. The van der Waals surface area contributed by atoms with Crippen LogP contribution >= 0.6 is 0 Å². The predicted molar refractivity (Wildman–Crippen MR) is 69.8 cm³/mol. The molecule has 0 unspecified atom stereocenters. The maximum Gasteiger partial charge on any atom is 0.224 e. The normalized spacial score (nSPS) is 10.8. The summed E-state index contributed by atoms with van der Waals surface area (Å²) >= 11 is 0. The number of benzene rings is 1. The first-order valence-electron chi connectivity index (χ1n) is 5.67. The average molecular weight is 258 g/mol. The van der Waals surface area contributed by atoms with E-state index in [4.69, 9.17) is 5.73 Å². The molecule has 2 aromatic heterocycles. The molecule has 0 radical (unpaired) electrons. The topological polar surface area (TPSA) is 92.5 Å². The lowest BCUT2D eigenvalue weighted by Crippen LogP contribution is -2.05. The van der Waals surface area contributed by atoms with Crippen LogP contribution in [0.15, 0.2) is 30.6 Å². The zero-order chi connectivity index (χ0) is 13.2. The van der Waals surface area contributed by atoms with Gasteiger partial charge in [-0.2, -0.15) is 9.97 Å². The van der Waals surface area contributed by atoms with Crippen LogP contribution in [0.3, 0.4) is 0 Å². The highest BCUT2D eigenvalue weighted by Crippen LogP contribution is 2.18. The summed E-state index contributed by atoms with van der Waals surface area (Å²) in [6.45, 7) is 0.433. The number of anilines is 2. The number of nitrogens with zero attached hydrogens (tertiary/aromatic N) is 3. The van der Waals surface area contributed by atoms with Gasteiger partial charge in [-0.15, -0.1) is 0 Å². The third-order valence-corrected chi connectivity index (χ3v) is 2.65. The van der Waals surface area contributed by atoms with Crippen LogP contribution in [0.5, 0.6) is 0 Å². The number of hydrogen-bond donors (Lipinski definition) is 3. The maximum atomic E-state index is 13.1. The molecule has 0 spiro atoms. The van der Waals surface area contributed by atoms with Crippen molar-refractivity contribution in [3.8, 4) is 0 Å². The van der Waals surface area contributed by atoms with E-state index in [2.05, 4.69) is 25.3 Å². The van der Waals surface area contributed by atoms with E-state index in [9.17, 15) is 4.39 Å². The Labute approximate surface area is 107 Å². The van der Waals surface area contributed by atoms with Crippen molar-refractivity contribution in [2.75, 3.05) is 11.1 Å². The number of nitrogen functional groups attached to an aromatic ring is 1. The largest absolute Gasteiger partial charge is 0.368 e. The molecule has 0 amide bonds. The molecule has 0 aliphatic carbocycles. The van der Waals surface area contributed by atoms with Gasteiger partial charge in [0.25, 0.3) is 0 Å². The molecule has 0 aliphatic rings. The molecule has 19 heavy (non-hydrogen) atoms. The molecule has 96 valence electrons. The molecule has 7 heteroatoms. The van der Waals surface area contributed by atoms with Crippen LogP contribution in [-0.4, -0.2) is 19.9 Å². The molecule has 0 saturated carbocycles. The Morgan fingerprint density at radius 3 is 3.05 bits per heavy atom. The van der Waals surface area contributed by atoms with E-state index in [0.29, 0.717) is 23.5 Å². The molecule has 0 atom stereocenters. The van der Waals surface area contributed by atoms with Gasteiger partial charge in [-0.1, -0.05) is 12.1 Å². The summed E-state index contributed by atoms with van der Waals surface area (Å²) < 4.78 is 13.1. The van der Waals surface area contributed by atoms with Crippen LogP contribution in [0.1, 0.15) is 5.56 Å². The standard InChI is InChI=1S/C12H11FN6/c13-8-3-1-2-7(4-8)5-15-10-9-11(17-6-16-9)19-12(14)18-10/h1-4,6H,5H2,(H4,14,15,16,17,18,19). The fourth-order valence-corrected chi connectivity index (χ4v) is 1.81. The molecule has 0 fully saturated rings. The van der Waals surface area contributed by atoms with E-state index >= 15 is 0 Å². The van der Waals surface area contributed by atoms with Crippen molar-refractivity contribution in [3.63, 3.8) is 0 Å². The first-order chi connectivity index (χ1) is 9.22. The van der Waals surface area contributed by atoms with Crippen LogP contribution in [0, 0.1) is 5.82 Å². The summed E-state index contributed by atoms with van der Waals surface area (Å²) in [6.07, 6.45) is 1.52. The minimum absolute atomic E-state index is 0.140. The number of H-pyrrole nitrogens is 1. The Bertz CT molecular complexity index is 723. The number of nitrogens with one attached hydrogen (secondary N) is 2. The van der Waals surface area contributed by atoms with Crippen molar-refractivity contribution in [2.45, 2.75) is 6.54 Å². The van der Waals surface area contributed by atoms with Crippen molar-refractivity contribution >= 4 is 22.9 Å². The number of imidazole rings is 1. The van der Waals surface area contributed by atoms with Gasteiger partial charge >= 0.3 is 0 Å². The average Bonchev–Trinajstić information content (AvgIpc) is 2.84. The zero-order valence-corrected chi connectivity index (χ0v) is 9.89. The Hall–Kier alpha value is -2.70. The highest BCUT2D eigenvalue weighted by atomic mass is 19.1. The number of rotatable bonds is 3. The van der Waals surface area contributed by atoms with E-state index in [-0.39, 0.29) is 11.8 Å². The highest BCUT2D eigenvalue weighted by molar-refractivity contribution is 5.83. The number of aromatic amines is 1. The van der Waals surface area contributed by atoms with Gasteiger partial charge in [-0.25, -0.2) is 9.37 Å². The Balaban J connectivity index is 1.87. The van der Waals surface area contributed by atoms with Gasteiger partial charge < -0.3 is 16.0 Å². The monoisotopic (exact) mass is 258 g/mol. The quantitative estimate of drug-likeness (QED) is 0.664. The van der Waals surface area contributed by atoms with E-state index in [1.165, 1.54) is 18.5 Å². The summed E-state index contributed by atoms with van der Waals surface area (Å²) in [7, 11) is 0. The van der Waals surface area contributed by atoms with Crippen molar-refractivity contribution in [3.05, 3.63) is 42.0 Å². The predicted octanol–water partition coefficient (Wildman–Crippen LogP) is 1.69. The lowest BCUT2D eigenvalue weighted by atomic mass is 10.2. The fraction of sp³-hybridized carbons (Fsp3) is 0.0833.